The van der Waals surface area contributed by atoms with E-state index in [0.29, 0.717) is 11.3 Å². The van der Waals surface area contributed by atoms with Gasteiger partial charge < -0.3 is 10.3 Å². The average molecular weight is 193 g/mol. The van der Waals surface area contributed by atoms with Gasteiger partial charge in [-0.2, -0.15) is 0 Å². The van der Waals surface area contributed by atoms with Gasteiger partial charge in [0, 0.05) is 11.0 Å². The summed E-state index contributed by atoms with van der Waals surface area (Å²) in [4.78, 5) is 0. The third-order valence-electron chi connectivity index (χ3n) is 1.97. The molecule has 0 atom stereocenters. The Hall–Kier alpha value is -1.51. The molecule has 0 bridgehead atoms. The first kappa shape index (κ1) is 10.6. The summed E-state index contributed by atoms with van der Waals surface area (Å²) >= 11 is 0. The van der Waals surface area contributed by atoms with Crippen molar-refractivity contribution in [2.45, 2.75) is 20.8 Å². The Labute approximate surface area is 83.7 Å². The van der Waals surface area contributed by atoms with Crippen molar-refractivity contribution in [3.63, 3.8) is 0 Å². The largest absolute Gasteiger partial charge is 0.507 e. The number of rotatable bonds is 1. The zero-order chi connectivity index (χ0) is 10.8. The van der Waals surface area contributed by atoms with Crippen LogP contribution in [0.4, 0.5) is 0 Å². The summed E-state index contributed by atoms with van der Waals surface area (Å²) in [6, 6.07) is 6.84. The number of hydrogen-bond acceptors (Lipinski definition) is 3. The SMILES string of the molecule is CC(C)(C)/C(=N/O)c1ccccc1O. The Kier molecular flexibility index (Phi) is 2.79. The number of hydrogen-bond donors (Lipinski definition) is 2. The predicted octanol–water partition coefficient (Wildman–Crippen LogP) is 2.62. The van der Waals surface area contributed by atoms with Crippen LogP contribution in [-0.2, 0) is 0 Å². The molecule has 3 heteroatoms. The van der Waals surface area contributed by atoms with Crippen LogP contribution in [0.5, 0.6) is 5.75 Å². The lowest BCUT2D eigenvalue weighted by molar-refractivity contribution is 0.311. The van der Waals surface area contributed by atoms with Gasteiger partial charge in [0.25, 0.3) is 0 Å². The molecule has 0 aliphatic rings. The zero-order valence-electron chi connectivity index (χ0n) is 8.65. The molecule has 0 heterocycles. The number of phenolic OH excluding ortho intramolecular Hbond substituents is 1. The van der Waals surface area contributed by atoms with Crippen molar-refractivity contribution in [1.82, 2.24) is 0 Å². The van der Waals surface area contributed by atoms with Crippen LogP contribution in [0.1, 0.15) is 26.3 Å². The van der Waals surface area contributed by atoms with Crippen LogP contribution in [0.2, 0.25) is 0 Å². The van der Waals surface area contributed by atoms with E-state index in [2.05, 4.69) is 5.16 Å². The highest BCUT2D eigenvalue weighted by atomic mass is 16.4. The van der Waals surface area contributed by atoms with E-state index in [1.165, 1.54) is 0 Å². The van der Waals surface area contributed by atoms with Crippen LogP contribution in [0.3, 0.4) is 0 Å². The summed E-state index contributed by atoms with van der Waals surface area (Å²) in [6.45, 7) is 5.78. The Morgan fingerprint density at radius 2 is 1.79 bits per heavy atom. The lowest BCUT2D eigenvalue weighted by Gasteiger charge is -2.20. The minimum Gasteiger partial charge on any atom is -0.507 e. The van der Waals surface area contributed by atoms with Crippen molar-refractivity contribution >= 4 is 5.71 Å². The molecule has 76 valence electrons. The first-order valence-electron chi connectivity index (χ1n) is 4.47. The highest BCUT2D eigenvalue weighted by Crippen LogP contribution is 2.27. The molecule has 0 aliphatic heterocycles. The number of phenols is 1. The Morgan fingerprint density at radius 3 is 2.21 bits per heavy atom. The average Bonchev–Trinajstić information content (AvgIpc) is 2.07. The Morgan fingerprint density at radius 1 is 1.21 bits per heavy atom. The lowest BCUT2D eigenvalue weighted by Crippen LogP contribution is -2.21. The van der Waals surface area contributed by atoms with Crippen LogP contribution < -0.4 is 0 Å². The Bertz CT molecular complexity index is 351. The number of para-hydroxylation sites is 1. The molecule has 3 nitrogen and oxygen atoms in total. The summed E-state index contributed by atoms with van der Waals surface area (Å²) in [5, 5.41) is 21.7. The minimum atomic E-state index is -0.298. The second-order valence-electron chi connectivity index (χ2n) is 4.22. The normalized spacial score (nSPS) is 12.9. The van der Waals surface area contributed by atoms with E-state index in [1.807, 2.05) is 20.8 Å². The summed E-state index contributed by atoms with van der Waals surface area (Å²) < 4.78 is 0. The van der Waals surface area contributed by atoms with Crippen LogP contribution in [0, 0.1) is 5.41 Å². The van der Waals surface area contributed by atoms with E-state index in [1.54, 1.807) is 24.3 Å². The standard InChI is InChI=1S/C11H15NO2/c1-11(2,3)10(12-14)8-6-4-5-7-9(8)13/h4-7,13-14H,1-3H3/b12-10+. The molecule has 0 aliphatic carbocycles. The number of nitrogens with zero attached hydrogens (tertiary/aromatic N) is 1. The highest BCUT2D eigenvalue weighted by Gasteiger charge is 2.23. The van der Waals surface area contributed by atoms with Crippen molar-refractivity contribution in [2.75, 3.05) is 0 Å². The van der Waals surface area contributed by atoms with Gasteiger partial charge in [-0.3, -0.25) is 0 Å². The maximum Gasteiger partial charge on any atom is 0.124 e. The summed E-state index contributed by atoms with van der Waals surface area (Å²) in [7, 11) is 0. The molecule has 1 aromatic rings. The van der Waals surface area contributed by atoms with E-state index in [-0.39, 0.29) is 11.2 Å². The summed E-state index contributed by atoms with van der Waals surface area (Å²) in [6.07, 6.45) is 0. The van der Waals surface area contributed by atoms with Gasteiger partial charge in [-0.15, -0.1) is 0 Å². The topological polar surface area (TPSA) is 52.8 Å². The first-order chi connectivity index (χ1) is 6.46. The Balaban J connectivity index is 3.23. The third-order valence-corrected chi connectivity index (χ3v) is 1.97. The number of aromatic hydroxyl groups is 1. The molecule has 1 aromatic carbocycles. The number of benzene rings is 1. The zero-order valence-corrected chi connectivity index (χ0v) is 8.65. The predicted molar refractivity (Wildman–Crippen MR) is 55.9 cm³/mol. The lowest BCUT2D eigenvalue weighted by atomic mass is 9.85. The van der Waals surface area contributed by atoms with Gasteiger partial charge in [0.05, 0.1) is 5.71 Å². The molecular formula is C11H15NO2. The fraction of sp³-hybridized carbons (Fsp3) is 0.364. The fourth-order valence-corrected chi connectivity index (χ4v) is 1.28. The van der Waals surface area contributed by atoms with Crippen LogP contribution in [0.15, 0.2) is 29.4 Å². The molecule has 0 saturated heterocycles. The quantitative estimate of drug-likeness (QED) is 0.409. The third kappa shape index (κ3) is 2.05. The monoisotopic (exact) mass is 193 g/mol. The van der Waals surface area contributed by atoms with Gasteiger partial charge in [-0.05, 0) is 12.1 Å². The molecule has 0 aromatic heterocycles. The van der Waals surface area contributed by atoms with Gasteiger partial charge in [0.15, 0.2) is 0 Å². The van der Waals surface area contributed by atoms with E-state index in [0.717, 1.165) is 0 Å². The molecule has 2 N–H and O–H groups in total. The van der Waals surface area contributed by atoms with Crippen molar-refractivity contribution < 1.29 is 10.3 Å². The van der Waals surface area contributed by atoms with Gasteiger partial charge in [0.1, 0.15) is 5.75 Å². The van der Waals surface area contributed by atoms with Crippen molar-refractivity contribution in [3.8, 4) is 5.75 Å². The second-order valence-corrected chi connectivity index (χ2v) is 4.22. The van der Waals surface area contributed by atoms with Crippen LogP contribution >= 0.6 is 0 Å². The maximum absolute atomic E-state index is 9.58. The minimum absolute atomic E-state index is 0.134. The fourth-order valence-electron chi connectivity index (χ4n) is 1.28. The molecule has 0 fully saturated rings. The molecule has 0 radical (unpaired) electrons. The van der Waals surface area contributed by atoms with E-state index in [9.17, 15) is 5.11 Å². The van der Waals surface area contributed by atoms with Crippen LogP contribution in [-0.4, -0.2) is 16.0 Å². The van der Waals surface area contributed by atoms with Crippen molar-refractivity contribution in [3.05, 3.63) is 29.8 Å². The molecule has 0 amide bonds. The smallest absolute Gasteiger partial charge is 0.124 e. The molecule has 0 saturated carbocycles. The molecule has 0 spiro atoms. The first-order valence-corrected chi connectivity index (χ1v) is 4.47. The maximum atomic E-state index is 9.58. The summed E-state index contributed by atoms with van der Waals surface area (Å²) in [5.74, 6) is 0.134. The van der Waals surface area contributed by atoms with Crippen molar-refractivity contribution in [2.24, 2.45) is 10.6 Å². The van der Waals surface area contributed by atoms with Gasteiger partial charge >= 0.3 is 0 Å². The van der Waals surface area contributed by atoms with Gasteiger partial charge in [-0.25, -0.2) is 0 Å². The molecule has 1 rings (SSSR count). The molecular weight excluding hydrogens is 178 g/mol. The van der Waals surface area contributed by atoms with Gasteiger partial charge in [-0.1, -0.05) is 38.1 Å². The van der Waals surface area contributed by atoms with E-state index in [4.69, 9.17) is 5.21 Å². The molecule has 0 unspecified atom stereocenters. The summed E-state index contributed by atoms with van der Waals surface area (Å²) in [5.41, 5.74) is 0.756. The second kappa shape index (κ2) is 3.70. The van der Waals surface area contributed by atoms with Crippen molar-refractivity contribution in [1.29, 1.82) is 0 Å². The molecule has 14 heavy (non-hydrogen) atoms. The van der Waals surface area contributed by atoms with Crippen LogP contribution in [0.25, 0.3) is 0 Å². The highest BCUT2D eigenvalue weighted by molar-refractivity contribution is 6.05. The van der Waals surface area contributed by atoms with E-state index < -0.39 is 0 Å². The van der Waals surface area contributed by atoms with Gasteiger partial charge in [0.2, 0.25) is 0 Å². The van der Waals surface area contributed by atoms with E-state index >= 15 is 0 Å². The number of oxime groups is 1.